The van der Waals surface area contributed by atoms with Gasteiger partial charge in [0.05, 0.1) is 6.61 Å². The van der Waals surface area contributed by atoms with Gasteiger partial charge in [0, 0.05) is 12.8 Å². The SMILES string of the molecule is CCCCCCCCCCCCCCCCCCCC(=O)OC(COC(=O)CCCCCCCCCCCCCCCCC)COP(=O)(O)OC1[C@H](O)[C@H](O)C(O)[C@H](O)[C@H]1O. The summed E-state index contributed by atoms with van der Waals surface area (Å²) < 4.78 is 33.6. The topological polar surface area (TPSA) is 210 Å². The van der Waals surface area contributed by atoms with Gasteiger partial charge in [0.25, 0.3) is 0 Å². The van der Waals surface area contributed by atoms with Crippen LogP contribution < -0.4 is 0 Å². The van der Waals surface area contributed by atoms with Crippen molar-refractivity contribution < 1.29 is 63.1 Å². The molecule has 4 unspecified atom stereocenters. The Balaban J connectivity index is 2.40. The maximum Gasteiger partial charge on any atom is 0.472 e. The summed E-state index contributed by atoms with van der Waals surface area (Å²) in [6.07, 6.45) is 25.8. The molecule has 1 fully saturated rings. The Kier molecular flexibility index (Phi) is 36.2. The van der Waals surface area contributed by atoms with E-state index in [4.69, 9.17) is 18.5 Å². The van der Waals surface area contributed by atoms with Crippen LogP contribution in [0.2, 0.25) is 0 Å². The average Bonchev–Trinajstić information content (AvgIpc) is 3.24. The Bertz CT molecular complexity index is 1080. The summed E-state index contributed by atoms with van der Waals surface area (Å²) in [6.45, 7) is 3.34. The second-order valence-corrected chi connectivity index (χ2v) is 19.1. The van der Waals surface area contributed by atoms with Crippen LogP contribution in [-0.4, -0.2) is 98.3 Å². The molecule has 0 heterocycles. The predicted octanol–water partition coefficient (Wildman–Crippen LogP) is 10.1. The molecule has 0 saturated heterocycles. The molecule has 0 aliphatic heterocycles. The largest absolute Gasteiger partial charge is 0.472 e. The van der Waals surface area contributed by atoms with E-state index in [9.17, 15) is 44.6 Å². The van der Waals surface area contributed by atoms with Crippen molar-refractivity contribution in [1.29, 1.82) is 0 Å². The fourth-order valence-electron chi connectivity index (χ4n) is 7.94. The summed E-state index contributed by atoms with van der Waals surface area (Å²) in [5.74, 6) is -1.08. The first kappa shape index (κ1) is 57.9. The van der Waals surface area contributed by atoms with Gasteiger partial charge in [-0.05, 0) is 12.8 Å². The van der Waals surface area contributed by atoms with Crippen molar-refractivity contribution >= 4 is 19.8 Å². The van der Waals surface area contributed by atoms with Crippen LogP contribution in [0.15, 0.2) is 0 Å². The molecule has 61 heavy (non-hydrogen) atoms. The van der Waals surface area contributed by atoms with E-state index in [-0.39, 0.29) is 12.8 Å². The number of rotatable bonds is 42. The lowest BCUT2D eigenvalue weighted by molar-refractivity contribution is -0.220. The number of aliphatic hydroxyl groups excluding tert-OH is 5. The third-order valence-corrected chi connectivity index (χ3v) is 12.9. The quantitative estimate of drug-likeness (QED) is 0.0192. The second-order valence-electron chi connectivity index (χ2n) is 17.7. The van der Waals surface area contributed by atoms with Crippen LogP contribution in [0.1, 0.15) is 232 Å². The first-order chi connectivity index (χ1) is 29.4. The van der Waals surface area contributed by atoms with Gasteiger partial charge in [-0.1, -0.05) is 206 Å². The van der Waals surface area contributed by atoms with Gasteiger partial charge in [-0.3, -0.25) is 18.6 Å². The number of phosphoric acid groups is 1. The summed E-state index contributed by atoms with van der Waals surface area (Å²) >= 11 is 0. The highest BCUT2D eigenvalue weighted by atomic mass is 31.2. The van der Waals surface area contributed by atoms with Gasteiger partial charge >= 0.3 is 19.8 Å². The molecule has 13 nitrogen and oxygen atoms in total. The Morgan fingerprint density at radius 3 is 1.08 bits per heavy atom. The zero-order valence-corrected chi connectivity index (χ0v) is 39.4. The molecular formula is C47H91O13P. The van der Waals surface area contributed by atoms with E-state index in [1.807, 2.05) is 0 Å². The van der Waals surface area contributed by atoms with E-state index in [1.54, 1.807) is 0 Å². The summed E-state index contributed by atoms with van der Waals surface area (Å²) in [6, 6.07) is 0. The number of aliphatic hydroxyl groups is 5. The molecule has 1 aliphatic carbocycles. The fourth-order valence-corrected chi connectivity index (χ4v) is 8.91. The van der Waals surface area contributed by atoms with Crippen molar-refractivity contribution in [2.75, 3.05) is 13.2 Å². The lowest BCUT2D eigenvalue weighted by Crippen LogP contribution is -2.64. The summed E-state index contributed by atoms with van der Waals surface area (Å²) in [5.41, 5.74) is 0. The molecule has 0 spiro atoms. The molecule has 0 bridgehead atoms. The number of unbranched alkanes of at least 4 members (excludes halogenated alkanes) is 30. The Labute approximate surface area is 370 Å². The van der Waals surface area contributed by atoms with Crippen LogP contribution >= 0.6 is 7.82 Å². The highest BCUT2D eigenvalue weighted by Gasteiger charge is 2.51. The van der Waals surface area contributed by atoms with Crippen LogP contribution in [0.4, 0.5) is 0 Å². The minimum Gasteiger partial charge on any atom is -0.462 e. The first-order valence-corrected chi connectivity index (χ1v) is 26.3. The molecule has 0 aromatic carbocycles. The monoisotopic (exact) mass is 895 g/mol. The van der Waals surface area contributed by atoms with E-state index >= 15 is 0 Å². The van der Waals surface area contributed by atoms with Crippen LogP contribution in [0.3, 0.4) is 0 Å². The minimum absolute atomic E-state index is 0.105. The molecule has 0 aromatic heterocycles. The van der Waals surface area contributed by atoms with Gasteiger partial charge in [-0.15, -0.1) is 0 Å². The third kappa shape index (κ3) is 30.6. The number of carbonyl (C=O) groups excluding carboxylic acids is 2. The Morgan fingerprint density at radius 1 is 0.443 bits per heavy atom. The number of ether oxygens (including phenoxy) is 2. The standard InChI is InChI=1S/C47H91O13P/c1-3-5-7-9-11-13-15-17-19-20-22-24-26-28-30-32-34-36-41(49)59-39(38-58-61(55,56)60-47-45(53)43(51)42(50)44(52)46(47)54)37-57-40(48)35-33-31-29-27-25-23-21-18-16-14-12-10-8-6-4-2/h39,42-47,50-54H,3-38H2,1-2H3,(H,55,56)/t39?,42?,43-,44+,45-,46-,47?/m1/s1. The summed E-state index contributed by atoms with van der Waals surface area (Å²) in [4.78, 5) is 35.8. The zero-order valence-electron chi connectivity index (χ0n) is 38.5. The lowest BCUT2D eigenvalue weighted by atomic mass is 9.85. The maximum absolute atomic E-state index is 12.8. The number of phosphoric ester groups is 1. The van der Waals surface area contributed by atoms with Crippen LogP contribution in [-0.2, 0) is 32.7 Å². The molecule has 0 amide bonds. The smallest absolute Gasteiger partial charge is 0.462 e. The van der Waals surface area contributed by atoms with Crippen molar-refractivity contribution in [2.24, 2.45) is 0 Å². The highest BCUT2D eigenvalue weighted by Crippen LogP contribution is 2.47. The van der Waals surface area contributed by atoms with Crippen molar-refractivity contribution in [1.82, 2.24) is 0 Å². The molecule has 0 radical (unpaired) electrons. The van der Waals surface area contributed by atoms with E-state index < -0.39 is 75.7 Å². The molecular weight excluding hydrogens is 803 g/mol. The van der Waals surface area contributed by atoms with Crippen LogP contribution in [0.5, 0.6) is 0 Å². The van der Waals surface area contributed by atoms with Crippen molar-refractivity contribution in [2.45, 2.75) is 275 Å². The average molecular weight is 895 g/mol. The van der Waals surface area contributed by atoms with Crippen LogP contribution in [0.25, 0.3) is 0 Å². The Morgan fingerprint density at radius 2 is 0.738 bits per heavy atom. The normalized spacial score (nSPS) is 21.9. The fraction of sp³-hybridized carbons (Fsp3) is 0.957. The van der Waals surface area contributed by atoms with Gasteiger partial charge in [0.2, 0.25) is 0 Å². The molecule has 8 atom stereocenters. The summed E-state index contributed by atoms with van der Waals surface area (Å²) in [5, 5.41) is 50.2. The van der Waals surface area contributed by atoms with Crippen molar-refractivity contribution in [3.63, 3.8) is 0 Å². The molecule has 1 rings (SSSR count). The lowest BCUT2D eigenvalue weighted by Gasteiger charge is -2.41. The number of carbonyl (C=O) groups is 2. The molecule has 0 aromatic rings. The van der Waals surface area contributed by atoms with E-state index in [2.05, 4.69) is 13.8 Å². The molecule has 362 valence electrons. The third-order valence-electron chi connectivity index (χ3n) is 11.9. The number of hydrogen-bond donors (Lipinski definition) is 6. The number of esters is 2. The molecule has 1 saturated carbocycles. The zero-order chi connectivity index (χ0) is 45.0. The molecule has 1 aliphatic rings. The van der Waals surface area contributed by atoms with Crippen molar-refractivity contribution in [3.8, 4) is 0 Å². The predicted molar refractivity (Wildman–Crippen MR) is 240 cm³/mol. The Hall–Kier alpha value is -1.15. The maximum atomic E-state index is 12.8. The minimum atomic E-state index is -5.11. The first-order valence-electron chi connectivity index (χ1n) is 24.8. The summed E-state index contributed by atoms with van der Waals surface area (Å²) in [7, 11) is -5.11. The van der Waals surface area contributed by atoms with Gasteiger partial charge in [-0.2, -0.15) is 0 Å². The van der Waals surface area contributed by atoms with E-state index in [0.29, 0.717) is 12.8 Å². The molecule has 6 N–H and O–H groups in total. The molecule has 14 heteroatoms. The highest BCUT2D eigenvalue weighted by molar-refractivity contribution is 7.47. The van der Waals surface area contributed by atoms with E-state index in [0.717, 1.165) is 38.5 Å². The van der Waals surface area contributed by atoms with Crippen molar-refractivity contribution in [3.05, 3.63) is 0 Å². The second kappa shape index (κ2) is 38.2. The van der Waals surface area contributed by atoms with Gasteiger partial charge in [0.15, 0.2) is 6.10 Å². The number of hydrogen-bond acceptors (Lipinski definition) is 12. The van der Waals surface area contributed by atoms with Crippen LogP contribution in [0, 0.1) is 0 Å². The van der Waals surface area contributed by atoms with Gasteiger partial charge in [0.1, 0.15) is 43.2 Å². The van der Waals surface area contributed by atoms with Gasteiger partial charge in [-0.25, -0.2) is 4.57 Å². The van der Waals surface area contributed by atoms with Gasteiger partial charge < -0.3 is 39.9 Å². The van der Waals surface area contributed by atoms with E-state index in [1.165, 1.54) is 154 Å².